The quantitative estimate of drug-likeness (QED) is 0.414. The molecule has 0 N–H and O–H groups in total. The van der Waals surface area contributed by atoms with Crippen LogP contribution in [0.25, 0.3) is 0 Å². The van der Waals surface area contributed by atoms with E-state index in [-0.39, 0.29) is 11.3 Å². The molecule has 0 spiro atoms. The van der Waals surface area contributed by atoms with Gasteiger partial charge in [0.05, 0.1) is 16.7 Å². The second kappa shape index (κ2) is 7.93. The normalized spacial score (nSPS) is 20.7. The van der Waals surface area contributed by atoms with Crippen molar-refractivity contribution in [2.24, 2.45) is 11.8 Å². The van der Waals surface area contributed by atoms with Crippen molar-refractivity contribution in [2.45, 2.75) is 12.8 Å². The van der Waals surface area contributed by atoms with Crippen LogP contribution in [0.4, 0.5) is 0 Å². The molecule has 3 amide bonds. The Morgan fingerprint density at radius 3 is 2.21 bits per heavy atom. The Morgan fingerprint density at radius 1 is 1.03 bits per heavy atom. The number of rotatable bonds is 5. The molecule has 4 rings (SSSR count). The molecule has 2 heterocycles. The lowest BCUT2D eigenvalue weighted by atomic mass is 9.85. The van der Waals surface area contributed by atoms with E-state index in [1.54, 1.807) is 29.6 Å². The van der Waals surface area contributed by atoms with Crippen LogP contribution in [-0.2, 0) is 9.59 Å². The van der Waals surface area contributed by atoms with Gasteiger partial charge in [0.15, 0.2) is 5.78 Å². The van der Waals surface area contributed by atoms with Crippen LogP contribution in [0.1, 0.15) is 32.9 Å². The minimum absolute atomic E-state index is 0.238. The maximum absolute atomic E-state index is 13.2. The van der Waals surface area contributed by atoms with Crippen molar-refractivity contribution >= 4 is 46.4 Å². The van der Waals surface area contributed by atoms with Crippen LogP contribution in [-0.4, -0.2) is 40.1 Å². The summed E-state index contributed by atoms with van der Waals surface area (Å²) in [6, 6.07) is 9.49. The van der Waals surface area contributed by atoms with Gasteiger partial charge in [0, 0.05) is 10.6 Å². The Bertz CT molecular complexity index is 974. The SMILES string of the molecule is O=C(CN(C(=O)c1ccc(Cl)cc1)N1C(=O)[C@H]2CC=CC[C@H]2C1=O)c1cccs1. The molecule has 0 bridgehead atoms. The summed E-state index contributed by atoms with van der Waals surface area (Å²) in [5.41, 5.74) is 0.238. The maximum Gasteiger partial charge on any atom is 0.273 e. The summed E-state index contributed by atoms with van der Waals surface area (Å²) in [6.45, 7) is -0.397. The molecule has 1 aromatic heterocycles. The summed E-state index contributed by atoms with van der Waals surface area (Å²) in [6.07, 6.45) is 4.65. The predicted octanol–water partition coefficient (Wildman–Crippen LogP) is 3.59. The van der Waals surface area contributed by atoms with Crippen LogP contribution in [0.5, 0.6) is 0 Å². The van der Waals surface area contributed by atoms with E-state index in [1.807, 2.05) is 12.2 Å². The Labute approximate surface area is 176 Å². The van der Waals surface area contributed by atoms with Gasteiger partial charge in [-0.05, 0) is 48.6 Å². The first-order valence-corrected chi connectivity index (χ1v) is 10.4. The number of Topliss-reactive ketones (excluding diaryl/α,β-unsaturated/α-hetero) is 1. The molecule has 2 aliphatic rings. The summed E-state index contributed by atoms with van der Waals surface area (Å²) < 4.78 is 0. The Hall–Kier alpha value is -2.77. The van der Waals surface area contributed by atoms with E-state index in [4.69, 9.17) is 11.6 Å². The van der Waals surface area contributed by atoms with Crippen LogP contribution in [0.15, 0.2) is 53.9 Å². The highest BCUT2D eigenvalue weighted by molar-refractivity contribution is 7.12. The van der Waals surface area contributed by atoms with Crippen LogP contribution in [0.2, 0.25) is 5.02 Å². The van der Waals surface area contributed by atoms with Crippen molar-refractivity contribution in [1.29, 1.82) is 0 Å². The Morgan fingerprint density at radius 2 is 1.66 bits per heavy atom. The Kier molecular flexibility index (Phi) is 5.34. The van der Waals surface area contributed by atoms with Gasteiger partial charge in [-0.15, -0.1) is 11.3 Å². The third kappa shape index (κ3) is 3.63. The molecule has 0 unspecified atom stereocenters. The molecular formula is C21H17ClN2O4S. The fourth-order valence-electron chi connectivity index (χ4n) is 3.65. The number of ketones is 1. The molecule has 0 radical (unpaired) electrons. The van der Waals surface area contributed by atoms with Crippen molar-refractivity contribution in [1.82, 2.24) is 10.0 Å². The van der Waals surface area contributed by atoms with Gasteiger partial charge in [0.25, 0.3) is 17.7 Å². The number of nitrogens with zero attached hydrogens (tertiary/aromatic N) is 2. The van der Waals surface area contributed by atoms with Gasteiger partial charge in [0.1, 0.15) is 6.54 Å². The van der Waals surface area contributed by atoms with Crippen molar-refractivity contribution in [2.75, 3.05) is 6.54 Å². The molecule has 0 saturated carbocycles. The number of carbonyl (C=O) groups excluding carboxylic acids is 4. The zero-order valence-corrected chi connectivity index (χ0v) is 16.9. The van der Waals surface area contributed by atoms with E-state index < -0.39 is 36.1 Å². The largest absolute Gasteiger partial charge is 0.291 e. The minimum atomic E-state index is -0.597. The van der Waals surface area contributed by atoms with Crippen molar-refractivity contribution in [3.05, 3.63) is 69.4 Å². The fourth-order valence-corrected chi connectivity index (χ4v) is 4.43. The molecule has 1 saturated heterocycles. The lowest BCUT2D eigenvalue weighted by Crippen LogP contribution is -2.52. The number of fused-ring (bicyclic) bond motifs is 1. The second-order valence-electron chi connectivity index (χ2n) is 6.91. The van der Waals surface area contributed by atoms with E-state index >= 15 is 0 Å². The van der Waals surface area contributed by atoms with Crippen LogP contribution >= 0.6 is 22.9 Å². The third-order valence-corrected chi connectivity index (χ3v) is 6.30. The molecule has 2 aromatic rings. The molecule has 1 aliphatic heterocycles. The number of allylic oxidation sites excluding steroid dienone is 2. The molecule has 6 nitrogen and oxygen atoms in total. The molecule has 1 aromatic carbocycles. The average Bonchev–Trinajstić information content (AvgIpc) is 3.35. The topological polar surface area (TPSA) is 74.8 Å². The smallest absolute Gasteiger partial charge is 0.273 e. The predicted molar refractivity (Wildman–Crippen MR) is 108 cm³/mol. The van der Waals surface area contributed by atoms with E-state index in [9.17, 15) is 19.2 Å². The number of hydrogen-bond acceptors (Lipinski definition) is 5. The molecular weight excluding hydrogens is 412 g/mol. The summed E-state index contributed by atoms with van der Waals surface area (Å²) >= 11 is 7.14. The fraction of sp³-hybridized carbons (Fsp3) is 0.238. The first-order valence-electron chi connectivity index (χ1n) is 9.14. The van der Waals surface area contributed by atoms with Gasteiger partial charge < -0.3 is 0 Å². The van der Waals surface area contributed by atoms with Crippen LogP contribution in [0.3, 0.4) is 0 Å². The number of hydrogen-bond donors (Lipinski definition) is 0. The highest BCUT2D eigenvalue weighted by Crippen LogP contribution is 2.36. The number of hydrazine groups is 1. The number of imide groups is 1. The molecule has 1 aliphatic carbocycles. The molecule has 1 fully saturated rings. The van der Waals surface area contributed by atoms with E-state index in [0.29, 0.717) is 22.7 Å². The molecule has 148 valence electrons. The van der Waals surface area contributed by atoms with Crippen LogP contribution < -0.4 is 0 Å². The van der Waals surface area contributed by atoms with E-state index in [2.05, 4.69) is 0 Å². The van der Waals surface area contributed by atoms with E-state index in [0.717, 1.165) is 10.0 Å². The van der Waals surface area contributed by atoms with Crippen molar-refractivity contribution < 1.29 is 19.2 Å². The van der Waals surface area contributed by atoms with Gasteiger partial charge in [0.2, 0.25) is 0 Å². The van der Waals surface area contributed by atoms with Gasteiger partial charge in [-0.2, -0.15) is 5.01 Å². The minimum Gasteiger partial charge on any atom is -0.291 e. The second-order valence-corrected chi connectivity index (χ2v) is 8.30. The van der Waals surface area contributed by atoms with Gasteiger partial charge in [-0.3, -0.25) is 19.2 Å². The number of thiophene rings is 1. The van der Waals surface area contributed by atoms with E-state index in [1.165, 1.54) is 23.5 Å². The molecule has 29 heavy (non-hydrogen) atoms. The standard InChI is InChI=1S/C21H17ClN2O4S/c22-14-9-7-13(8-10-14)19(26)23(12-17(25)18-6-3-11-29-18)24-20(27)15-4-1-2-5-16(15)21(24)28/h1-3,6-11,15-16H,4-5,12H2/t15-,16+. The third-order valence-electron chi connectivity index (χ3n) is 5.14. The number of benzene rings is 1. The zero-order chi connectivity index (χ0) is 20.5. The summed E-state index contributed by atoms with van der Waals surface area (Å²) in [5.74, 6) is -2.80. The van der Waals surface area contributed by atoms with Gasteiger partial charge >= 0.3 is 0 Å². The number of halogens is 1. The summed E-state index contributed by atoms with van der Waals surface area (Å²) in [7, 11) is 0. The van der Waals surface area contributed by atoms with Gasteiger partial charge in [-0.25, -0.2) is 5.01 Å². The zero-order valence-electron chi connectivity index (χ0n) is 15.3. The lowest BCUT2D eigenvalue weighted by molar-refractivity contribution is -0.154. The molecule has 2 atom stereocenters. The van der Waals surface area contributed by atoms with Gasteiger partial charge in [-0.1, -0.05) is 29.8 Å². The van der Waals surface area contributed by atoms with Crippen molar-refractivity contribution in [3.8, 4) is 0 Å². The number of amides is 3. The summed E-state index contributed by atoms with van der Waals surface area (Å²) in [5, 5.41) is 4.07. The average molecular weight is 429 g/mol. The summed E-state index contributed by atoms with van der Waals surface area (Å²) in [4.78, 5) is 52.4. The maximum atomic E-state index is 13.2. The Balaban J connectivity index is 1.69. The lowest BCUT2D eigenvalue weighted by Gasteiger charge is -2.30. The first kappa shape index (κ1) is 19.5. The van der Waals surface area contributed by atoms with Crippen molar-refractivity contribution in [3.63, 3.8) is 0 Å². The molecule has 8 heteroatoms. The first-order chi connectivity index (χ1) is 14.0. The highest BCUT2D eigenvalue weighted by Gasteiger charge is 2.51. The van der Waals surface area contributed by atoms with Crippen LogP contribution in [0, 0.1) is 11.8 Å². The number of carbonyl (C=O) groups is 4. The highest BCUT2D eigenvalue weighted by atomic mass is 35.5. The monoisotopic (exact) mass is 428 g/mol.